The average Bonchev–Trinajstić information content (AvgIpc) is 3.48. The molecule has 0 aliphatic rings. The standard InChI is InChI=1S/C23H21N3O4S2/c1-28-16-6-4-14(5-7-16)22-24-15(12-31-22)10-21(27)26-23-25-19(13-32-23)18-9-8-17(29-2)11-20(18)30-3/h4-9,11-13H,10H2,1-3H3,(H,25,26,27). The van der Waals surface area contributed by atoms with E-state index in [1.54, 1.807) is 27.4 Å². The zero-order valence-electron chi connectivity index (χ0n) is 17.7. The van der Waals surface area contributed by atoms with Crippen LogP contribution < -0.4 is 19.5 Å². The van der Waals surface area contributed by atoms with E-state index in [9.17, 15) is 4.79 Å². The molecule has 0 saturated heterocycles. The summed E-state index contributed by atoms with van der Waals surface area (Å²) in [6.45, 7) is 0. The van der Waals surface area contributed by atoms with Crippen LogP contribution in [-0.2, 0) is 11.2 Å². The summed E-state index contributed by atoms with van der Waals surface area (Å²) in [5.74, 6) is 1.98. The summed E-state index contributed by atoms with van der Waals surface area (Å²) >= 11 is 2.86. The Balaban J connectivity index is 1.41. The molecule has 0 aliphatic carbocycles. The minimum Gasteiger partial charge on any atom is -0.497 e. The Hall–Kier alpha value is -3.43. The van der Waals surface area contributed by atoms with Gasteiger partial charge in [0.2, 0.25) is 5.91 Å². The zero-order valence-corrected chi connectivity index (χ0v) is 19.4. The van der Waals surface area contributed by atoms with Crippen molar-refractivity contribution in [3.8, 4) is 39.1 Å². The first-order valence-corrected chi connectivity index (χ1v) is 11.4. The number of ether oxygens (including phenoxy) is 3. The molecule has 32 heavy (non-hydrogen) atoms. The van der Waals surface area contributed by atoms with Crippen LogP contribution in [-0.4, -0.2) is 37.2 Å². The van der Waals surface area contributed by atoms with Crippen molar-refractivity contribution in [3.63, 3.8) is 0 Å². The smallest absolute Gasteiger partial charge is 0.232 e. The molecule has 4 rings (SSSR count). The van der Waals surface area contributed by atoms with Crippen molar-refractivity contribution >= 4 is 33.7 Å². The number of amides is 1. The molecule has 9 heteroatoms. The summed E-state index contributed by atoms with van der Waals surface area (Å²) in [6.07, 6.45) is 0.174. The van der Waals surface area contributed by atoms with E-state index >= 15 is 0 Å². The lowest BCUT2D eigenvalue weighted by atomic mass is 10.1. The van der Waals surface area contributed by atoms with E-state index in [2.05, 4.69) is 15.3 Å². The van der Waals surface area contributed by atoms with Crippen LogP contribution in [0, 0.1) is 0 Å². The fourth-order valence-electron chi connectivity index (χ4n) is 3.05. The van der Waals surface area contributed by atoms with Gasteiger partial charge in [0.15, 0.2) is 5.13 Å². The quantitative estimate of drug-likeness (QED) is 0.386. The van der Waals surface area contributed by atoms with Crippen molar-refractivity contribution in [2.75, 3.05) is 26.6 Å². The van der Waals surface area contributed by atoms with E-state index in [-0.39, 0.29) is 12.3 Å². The molecular formula is C23H21N3O4S2. The molecule has 0 atom stereocenters. The van der Waals surface area contributed by atoms with Crippen LogP contribution >= 0.6 is 22.7 Å². The Bertz CT molecular complexity index is 1220. The highest BCUT2D eigenvalue weighted by Crippen LogP contribution is 2.35. The number of benzene rings is 2. The largest absolute Gasteiger partial charge is 0.497 e. The average molecular weight is 468 g/mol. The normalized spacial score (nSPS) is 10.6. The van der Waals surface area contributed by atoms with Gasteiger partial charge in [-0.1, -0.05) is 0 Å². The number of nitrogens with zero attached hydrogens (tertiary/aromatic N) is 2. The van der Waals surface area contributed by atoms with Crippen molar-refractivity contribution < 1.29 is 19.0 Å². The van der Waals surface area contributed by atoms with Gasteiger partial charge in [-0.3, -0.25) is 4.79 Å². The van der Waals surface area contributed by atoms with Crippen molar-refractivity contribution in [2.24, 2.45) is 0 Å². The number of thiazole rings is 2. The molecule has 0 saturated carbocycles. The molecule has 0 bridgehead atoms. The van der Waals surface area contributed by atoms with Crippen molar-refractivity contribution in [3.05, 3.63) is 58.9 Å². The van der Waals surface area contributed by atoms with Crippen LogP contribution in [0.1, 0.15) is 5.69 Å². The van der Waals surface area contributed by atoms with Crippen molar-refractivity contribution in [2.45, 2.75) is 6.42 Å². The number of carbonyl (C=O) groups is 1. The van der Waals surface area contributed by atoms with Gasteiger partial charge in [-0.2, -0.15) is 0 Å². The molecular weight excluding hydrogens is 446 g/mol. The highest BCUT2D eigenvalue weighted by atomic mass is 32.1. The topological polar surface area (TPSA) is 82.6 Å². The van der Waals surface area contributed by atoms with Crippen molar-refractivity contribution in [1.82, 2.24) is 9.97 Å². The summed E-state index contributed by atoms with van der Waals surface area (Å²) in [5, 5.41) is 8.01. The van der Waals surface area contributed by atoms with E-state index in [4.69, 9.17) is 14.2 Å². The molecule has 0 radical (unpaired) electrons. The second-order valence-corrected chi connectivity index (χ2v) is 8.42. The summed E-state index contributed by atoms with van der Waals surface area (Å²) in [4.78, 5) is 21.6. The van der Waals surface area contributed by atoms with Gasteiger partial charge in [0.1, 0.15) is 22.3 Å². The fourth-order valence-corrected chi connectivity index (χ4v) is 4.60. The first-order chi connectivity index (χ1) is 15.6. The molecule has 2 heterocycles. The number of hydrogen-bond donors (Lipinski definition) is 1. The Morgan fingerprint density at radius 1 is 0.906 bits per heavy atom. The fraction of sp³-hybridized carbons (Fsp3) is 0.174. The van der Waals surface area contributed by atoms with Gasteiger partial charge in [0.05, 0.1) is 39.1 Å². The molecule has 7 nitrogen and oxygen atoms in total. The molecule has 0 unspecified atom stereocenters. The van der Waals surface area contributed by atoms with Gasteiger partial charge in [-0.15, -0.1) is 22.7 Å². The molecule has 0 spiro atoms. The van der Waals surface area contributed by atoms with Crippen LogP contribution in [0.2, 0.25) is 0 Å². The Kier molecular flexibility index (Phi) is 6.67. The molecule has 4 aromatic rings. The van der Waals surface area contributed by atoms with Crippen LogP contribution in [0.4, 0.5) is 5.13 Å². The van der Waals surface area contributed by atoms with Gasteiger partial charge < -0.3 is 19.5 Å². The number of hydrogen-bond acceptors (Lipinski definition) is 8. The van der Waals surface area contributed by atoms with E-state index < -0.39 is 0 Å². The monoisotopic (exact) mass is 467 g/mol. The number of aromatic nitrogens is 2. The minimum atomic E-state index is -0.167. The van der Waals surface area contributed by atoms with E-state index in [1.807, 2.05) is 47.2 Å². The predicted molar refractivity (Wildman–Crippen MR) is 127 cm³/mol. The first-order valence-electron chi connectivity index (χ1n) is 9.66. The maximum absolute atomic E-state index is 12.5. The molecule has 164 valence electrons. The first kappa shape index (κ1) is 21.8. The van der Waals surface area contributed by atoms with Crippen molar-refractivity contribution in [1.29, 1.82) is 0 Å². The van der Waals surface area contributed by atoms with Gasteiger partial charge >= 0.3 is 0 Å². The van der Waals surface area contributed by atoms with E-state index in [0.717, 1.165) is 27.6 Å². The molecule has 0 fully saturated rings. The third kappa shape index (κ3) is 4.90. The number of nitrogens with one attached hydrogen (secondary N) is 1. The zero-order chi connectivity index (χ0) is 22.5. The summed E-state index contributed by atoms with van der Waals surface area (Å²) in [7, 11) is 4.84. The third-order valence-corrected chi connectivity index (χ3v) is 6.36. The Morgan fingerprint density at radius 2 is 1.66 bits per heavy atom. The van der Waals surface area contributed by atoms with E-state index in [1.165, 1.54) is 22.7 Å². The minimum absolute atomic E-state index is 0.167. The second kappa shape index (κ2) is 9.80. The molecule has 0 aliphatic heterocycles. The molecule has 1 amide bonds. The highest BCUT2D eigenvalue weighted by molar-refractivity contribution is 7.14. The maximum atomic E-state index is 12.5. The third-order valence-electron chi connectivity index (χ3n) is 4.67. The maximum Gasteiger partial charge on any atom is 0.232 e. The SMILES string of the molecule is COc1ccc(-c2nc(CC(=O)Nc3nc(-c4ccc(OC)cc4OC)cs3)cs2)cc1. The molecule has 2 aromatic heterocycles. The second-order valence-electron chi connectivity index (χ2n) is 6.70. The van der Waals surface area contributed by atoms with E-state index in [0.29, 0.717) is 22.3 Å². The molecule has 1 N–H and O–H groups in total. The summed E-state index contributed by atoms with van der Waals surface area (Å²) in [6, 6.07) is 13.2. The summed E-state index contributed by atoms with van der Waals surface area (Å²) < 4.78 is 15.9. The number of rotatable bonds is 8. The lowest BCUT2D eigenvalue weighted by Crippen LogP contribution is -2.14. The highest BCUT2D eigenvalue weighted by Gasteiger charge is 2.14. The number of methoxy groups -OCH3 is 3. The number of carbonyl (C=O) groups excluding carboxylic acids is 1. The Morgan fingerprint density at radius 3 is 2.38 bits per heavy atom. The van der Waals surface area contributed by atoms with Gasteiger partial charge in [-0.25, -0.2) is 9.97 Å². The Labute approximate surface area is 193 Å². The number of anilines is 1. The molecule has 2 aromatic carbocycles. The van der Waals surface area contributed by atoms with Gasteiger partial charge in [0, 0.05) is 28.0 Å². The summed E-state index contributed by atoms with van der Waals surface area (Å²) in [5.41, 5.74) is 3.25. The van der Waals surface area contributed by atoms with Gasteiger partial charge in [-0.05, 0) is 36.4 Å². The van der Waals surface area contributed by atoms with Crippen LogP contribution in [0.25, 0.3) is 21.8 Å². The lowest BCUT2D eigenvalue weighted by Gasteiger charge is -2.08. The predicted octanol–water partition coefficient (Wildman–Crippen LogP) is 5.14. The van der Waals surface area contributed by atoms with Crippen LogP contribution in [0.3, 0.4) is 0 Å². The van der Waals surface area contributed by atoms with Crippen LogP contribution in [0.15, 0.2) is 53.2 Å². The lowest BCUT2D eigenvalue weighted by molar-refractivity contribution is -0.115. The van der Waals surface area contributed by atoms with Gasteiger partial charge in [0.25, 0.3) is 0 Å². The van der Waals surface area contributed by atoms with Crippen LogP contribution in [0.5, 0.6) is 17.2 Å².